The van der Waals surface area contributed by atoms with E-state index in [1.165, 1.54) is 11.0 Å². The molecule has 0 bridgehead atoms. The minimum Gasteiger partial charge on any atom is -0.443 e. The highest BCUT2D eigenvalue weighted by molar-refractivity contribution is 9.10. The van der Waals surface area contributed by atoms with Crippen LogP contribution in [0.1, 0.15) is 31.3 Å². The van der Waals surface area contributed by atoms with Crippen molar-refractivity contribution in [3.63, 3.8) is 0 Å². The Labute approximate surface area is 231 Å². The van der Waals surface area contributed by atoms with Crippen molar-refractivity contribution in [2.45, 2.75) is 58.6 Å². The molecular weight excluding hydrogens is 587 g/mol. The van der Waals surface area contributed by atoms with Gasteiger partial charge in [0.15, 0.2) is 0 Å². The van der Waals surface area contributed by atoms with Crippen molar-refractivity contribution in [1.82, 2.24) is 9.47 Å². The van der Waals surface area contributed by atoms with E-state index in [1.807, 2.05) is 6.07 Å². The number of anilines is 1. The number of nitrogens with zero attached hydrogens (tertiary/aromatic N) is 4. The lowest BCUT2D eigenvalue weighted by Gasteiger charge is -2.29. The smallest absolute Gasteiger partial charge is 0.415 e. The Morgan fingerprint density at radius 2 is 1.94 bits per heavy atom. The predicted octanol–water partition coefficient (Wildman–Crippen LogP) is 6.74. The molecule has 2 amide bonds. The Balaban J connectivity index is 2.06. The highest BCUT2D eigenvalue weighted by Crippen LogP contribution is 2.45. The summed E-state index contributed by atoms with van der Waals surface area (Å²) in [5.74, 6) is -0.223. The lowest BCUT2D eigenvalue weighted by atomic mass is 10.2. The van der Waals surface area contributed by atoms with E-state index in [-0.39, 0.29) is 29.2 Å². The van der Waals surface area contributed by atoms with Crippen molar-refractivity contribution < 1.29 is 19.1 Å². The first-order valence-corrected chi connectivity index (χ1v) is 16.9. The second-order valence-electron chi connectivity index (χ2n) is 10.9. The molecule has 0 N–H and O–H groups in total. The number of hydrogen-bond donors (Lipinski definition) is 0. The zero-order valence-electron chi connectivity index (χ0n) is 21.4. The quantitative estimate of drug-likeness (QED) is 0.195. The van der Waals surface area contributed by atoms with Crippen LogP contribution in [0, 0.1) is 11.3 Å². The highest BCUT2D eigenvalue weighted by atomic mass is 79.9. The number of fused-ring (bicyclic) bond motifs is 3. The number of carbonyl (C=O) groups is 2. The van der Waals surface area contributed by atoms with E-state index in [4.69, 9.17) is 32.7 Å². The first-order chi connectivity index (χ1) is 16.7. The number of benzene rings is 1. The largest absolute Gasteiger partial charge is 0.443 e. The average molecular weight is 618 g/mol. The van der Waals surface area contributed by atoms with Gasteiger partial charge in [0, 0.05) is 33.2 Å². The Kier molecular flexibility index (Phi) is 8.73. The van der Waals surface area contributed by atoms with Crippen LogP contribution in [0.5, 0.6) is 0 Å². The molecule has 1 aliphatic rings. The molecular formula is C24H31BrCl2N4O4Si. The lowest BCUT2D eigenvalue weighted by molar-refractivity contribution is 0.0221. The molecule has 0 fully saturated rings. The van der Waals surface area contributed by atoms with Crippen LogP contribution >= 0.6 is 39.1 Å². The van der Waals surface area contributed by atoms with E-state index in [1.54, 1.807) is 30.2 Å². The Morgan fingerprint density at radius 3 is 2.53 bits per heavy atom. The molecule has 0 atom stereocenters. The molecule has 0 saturated heterocycles. The van der Waals surface area contributed by atoms with Crippen LogP contribution in [0.4, 0.5) is 10.5 Å². The summed E-state index contributed by atoms with van der Waals surface area (Å²) in [5, 5.41) is 10.4. The second kappa shape index (κ2) is 10.9. The number of ether oxygens (including phenoxy) is 2. The minimum atomic E-state index is -1.24. The van der Waals surface area contributed by atoms with Gasteiger partial charge in [-0.05, 0) is 48.8 Å². The molecule has 2 heterocycles. The Morgan fingerprint density at radius 1 is 1.28 bits per heavy atom. The van der Waals surface area contributed by atoms with Gasteiger partial charge in [-0.1, -0.05) is 42.8 Å². The van der Waals surface area contributed by atoms with Crippen molar-refractivity contribution in [2.75, 3.05) is 31.3 Å². The SMILES string of the molecule is CC(C)(C)OC(=O)N(CC#N)c1cc(Cl)c(Cl)c2c1c(Br)c1n2CCN(COCC[Si](C)(C)C)C1=O. The fourth-order valence-electron chi connectivity index (χ4n) is 3.85. The maximum absolute atomic E-state index is 13.5. The molecule has 1 aliphatic heterocycles. The van der Waals surface area contributed by atoms with Crippen LogP contribution < -0.4 is 4.90 Å². The summed E-state index contributed by atoms with van der Waals surface area (Å²) < 4.78 is 13.6. The lowest BCUT2D eigenvalue weighted by Crippen LogP contribution is -2.41. The van der Waals surface area contributed by atoms with Crippen molar-refractivity contribution in [2.24, 2.45) is 0 Å². The topological polar surface area (TPSA) is 87.8 Å². The van der Waals surface area contributed by atoms with Gasteiger partial charge in [-0.15, -0.1) is 0 Å². The van der Waals surface area contributed by atoms with Crippen LogP contribution in [0.2, 0.25) is 35.7 Å². The molecule has 36 heavy (non-hydrogen) atoms. The molecule has 1 aromatic carbocycles. The molecule has 3 rings (SSSR count). The number of halogens is 3. The van der Waals surface area contributed by atoms with Crippen molar-refractivity contribution >= 4 is 75.8 Å². The van der Waals surface area contributed by atoms with E-state index < -0.39 is 19.8 Å². The van der Waals surface area contributed by atoms with E-state index in [0.29, 0.717) is 46.5 Å². The number of hydrogen-bond acceptors (Lipinski definition) is 5. The fraction of sp³-hybridized carbons (Fsp3) is 0.542. The average Bonchev–Trinajstić information content (AvgIpc) is 3.05. The van der Waals surface area contributed by atoms with Gasteiger partial charge in [0.25, 0.3) is 5.91 Å². The molecule has 196 valence electrons. The zero-order valence-corrected chi connectivity index (χ0v) is 25.5. The standard InChI is InChI=1S/C24H31BrCl2N4O4Si/c1-24(2,3)35-23(33)30(8-7-28)16-13-15(26)19(27)20-17(16)18(25)21-22(32)29(9-10-31(20)21)14-34-11-12-36(4,5)6/h13H,8-12,14H2,1-6H3. The maximum atomic E-state index is 13.5. The molecule has 0 saturated carbocycles. The number of rotatable bonds is 7. The number of aromatic nitrogens is 1. The first-order valence-electron chi connectivity index (χ1n) is 11.6. The van der Waals surface area contributed by atoms with E-state index in [2.05, 4.69) is 35.6 Å². The fourth-order valence-corrected chi connectivity index (χ4v) is 5.82. The van der Waals surface area contributed by atoms with Crippen LogP contribution in [-0.2, 0) is 16.0 Å². The monoisotopic (exact) mass is 616 g/mol. The van der Waals surface area contributed by atoms with Gasteiger partial charge >= 0.3 is 6.09 Å². The summed E-state index contributed by atoms with van der Waals surface area (Å²) >= 11 is 16.7. The molecule has 12 heteroatoms. The molecule has 0 spiro atoms. The number of carbonyl (C=O) groups excluding carboxylic acids is 2. The third-order valence-electron chi connectivity index (χ3n) is 5.60. The maximum Gasteiger partial charge on any atom is 0.415 e. The van der Waals surface area contributed by atoms with Crippen molar-refractivity contribution in [1.29, 1.82) is 5.26 Å². The molecule has 2 aromatic rings. The van der Waals surface area contributed by atoms with Crippen LogP contribution in [0.25, 0.3) is 10.9 Å². The summed E-state index contributed by atoms with van der Waals surface area (Å²) in [6.07, 6.45) is -0.705. The second-order valence-corrected chi connectivity index (χ2v) is 18.1. The van der Waals surface area contributed by atoms with Crippen LogP contribution in [0.3, 0.4) is 0 Å². The van der Waals surface area contributed by atoms with Crippen LogP contribution in [-0.4, -0.2) is 61.6 Å². The molecule has 1 aromatic heterocycles. The third kappa shape index (κ3) is 6.19. The number of nitriles is 1. The van der Waals surface area contributed by atoms with Gasteiger partial charge in [0.05, 0.1) is 31.8 Å². The summed E-state index contributed by atoms with van der Waals surface area (Å²) in [5.41, 5.74) is 0.454. The summed E-state index contributed by atoms with van der Waals surface area (Å²) in [6.45, 7) is 13.5. The summed E-state index contributed by atoms with van der Waals surface area (Å²) in [4.78, 5) is 29.4. The van der Waals surface area contributed by atoms with Gasteiger partial charge in [-0.2, -0.15) is 5.26 Å². The summed E-state index contributed by atoms with van der Waals surface area (Å²) in [7, 11) is -1.24. The normalized spacial score (nSPS) is 14.1. The van der Waals surface area contributed by atoms with Crippen molar-refractivity contribution in [3.8, 4) is 6.07 Å². The van der Waals surface area contributed by atoms with Gasteiger partial charge in [0.1, 0.15) is 24.6 Å². The highest BCUT2D eigenvalue weighted by Gasteiger charge is 2.35. The molecule has 8 nitrogen and oxygen atoms in total. The molecule has 0 radical (unpaired) electrons. The predicted molar refractivity (Wildman–Crippen MR) is 149 cm³/mol. The van der Waals surface area contributed by atoms with E-state index >= 15 is 0 Å². The zero-order chi connectivity index (χ0) is 27.0. The minimum absolute atomic E-state index is 0.192. The van der Waals surface area contributed by atoms with Gasteiger partial charge in [-0.3, -0.25) is 9.69 Å². The van der Waals surface area contributed by atoms with Crippen LogP contribution in [0.15, 0.2) is 10.5 Å². The van der Waals surface area contributed by atoms with Crippen molar-refractivity contribution in [3.05, 3.63) is 26.3 Å². The van der Waals surface area contributed by atoms with Gasteiger partial charge in [-0.25, -0.2) is 4.79 Å². The van der Waals surface area contributed by atoms with E-state index in [0.717, 1.165) is 6.04 Å². The molecule has 0 unspecified atom stereocenters. The van der Waals surface area contributed by atoms with E-state index in [9.17, 15) is 14.9 Å². The molecule has 0 aliphatic carbocycles. The number of amides is 2. The summed E-state index contributed by atoms with van der Waals surface area (Å²) in [6, 6.07) is 4.54. The van der Waals surface area contributed by atoms with Gasteiger partial charge in [0.2, 0.25) is 0 Å². The third-order valence-corrected chi connectivity index (χ3v) is 8.86. The van der Waals surface area contributed by atoms with Gasteiger partial charge < -0.3 is 18.9 Å². The Bertz CT molecular complexity index is 1230. The first kappa shape index (κ1) is 28.8. The Hall–Kier alpha value is -1.77.